The van der Waals surface area contributed by atoms with Crippen molar-refractivity contribution < 1.29 is 34.5 Å². The molecule has 0 aromatic carbocycles. The van der Waals surface area contributed by atoms with Crippen LogP contribution in [-0.2, 0) is 19.1 Å². The van der Waals surface area contributed by atoms with Gasteiger partial charge in [0.15, 0.2) is 0 Å². The lowest BCUT2D eigenvalue weighted by atomic mass is 9.74. The standard InChI is InChI=1S/C15H23NO7/c1-2-22-7-3-4-8-23-13(16-21)11-6-5-10(14(17)18)9-12(11)15(19)20/h2,10-12,21H,1,3-9H2,(H,17,18)(H,19,20). The molecule has 0 aliphatic heterocycles. The molecule has 8 heteroatoms. The van der Waals surface area contributed by atoms with Gasteiger partial charge in [-0.1, -0.05) is 11.7 Å². The fourth-order valence-corrected chi connectivity index (χ4v) is 2.72. The predicted octanol–water partition coefficient (Wildman–Crippen LogP) is 1.93. The van der Waals surface area contributed by atoms with E-state index in [2.05, 4.69) is 11.7 Å². The molecule has 0 aromatic heterocycles. The van der Waals surface area contributed by atoms with Gasteiger partial charge in [0.05, 0.1) is 37.2 Å². The average molecular weight is 329 g/mol. The Hall–Kier alpha value is -2.25. The zero-order chi connectivity index (χ0) is 17.2. The van der Waals surface area contributed by atoms with Crippen molar-refractivity contribution in [3.05, 3.63) is 12.8 Å². The lowest BCUT2D eigenvalue weighted by molar-refractivity contribution is -0.149. The summed E-state index contributed by atoms with van der Waals surface area (Å²) in [5, 5.41) is 30.5. The van der Waals surface area contributed by atoms with E-state index in [1.807, 2.05) is 0 Å². The Morgan fingerprint density at radius 3 is 2.39 bits per heavy atom. The summed E-state index contributed by atoms with van der Waals surface area (Å²) >= 11 is 0. The number of carboxylic acids is 2. The summed E-state index contributed by atoms with van der Waals surface area (Å²) in [7, 11) is 0. The van der Waals surface area contributed by atoms with E-state index in [1.165, 1.54) is 6.26 Å². The quantitative estimate of drug-likeness (QED) is 0.147. The number of oxime groups is 1. The summed E-state index contributed by atoms with van der Waals surface area (Å²) in [6, 6.07) is 0. The first-order valence-corrected chi connectivity index (χ1v) is 7.54. The minimum Gasteiger partial charge on any atom is -0.502 e. The molecule has 0 heterocycles. The van der Waals surface area contributed by atoms with Crippen LogP contribution in [0.5, 0.6) is 0 Å². The smallest absolute Gasteiger partial charge is 0.307 e. The van der Waals surface area contributed by atoms with E-state index in [-0.39, 0.29) is 18.9 Å². The first kappa shape index (κ1) is 18.8. The molecule has 1 fully saturated rings. The van der Waals surface area contributed by atoms with Gasteiger partial charge in [0.25, 0.3) is 0 Å². The van der Waals surface area contributed by atoms with Gasteiger partial charge in [0, 0.05) is 0 Å². The molecule has 8 nitrogen and oxygen atoms in total. The lowest BCUT2D eigenvalue weighted by Crippen LogP contribution is -2.38. The first-order valence-electron chi connectivity index (χ1n) is 7.54. The Balaban J connectivity index is 2.56. The van der Waals surface area contributed by atoms with Crippen LogP contribution in [0.2, 0.25) is 0 Å². The summed E-state index contributed by atoms with van der Waals surface area (Å²) in [4.78, 5) is 22.4. The minimum absolute atomic E-state index is 0.00485. The highest BCUT2D eigenvalue weighted by Crippen LogP contribution is 2.35. The molecule has 0 spiro atoms. The molecule has 130 valence electrons. The number of ether oxygens (including phenoxy) is 2. The SMILES string of the molecule is C=COCCCCOC(=NO)C1CCC(C(=O)O)CC1C(=O)O. The summed E-state index contributed by atoms with van der Waals surface area (Å²) in [5.41, 5.74) is 0. The molecule has 23 heavy (non-hydrogen) atoms. The van der Waals surface area contributed by atoms with Gasteiger partial charge in [0.2, 0.25) is 5.90 Å². The number of hydrogen-bond acceptors (Lipinski definition) is 6. The van der Waals surface area contributed by atoms with E-state index in [4.69, 9.17) is 19.8 Å². The van der Waals surface area contributed by atoms with Gasteiger partial charge < -0.3 is 24.9 Å². The summed E-state index contributed by atoms with van der Waals surface area (Å²) < 4.78 is 10.4. The molecule has 1 rings (SSSR count). The van der Waals surface area contributed by atoms with Gasteiger partial charge in [-0.25, -0.2) is 0 Å². The van der Waals surface area contributed by atoms with E-state index >= 15 is 0 Å². The summed E-state index contributed by atoms with van der Waals surface area (Å²) in [5.74, 6) is -4.38. The van der Waals surface area contributed by atoms with Crippen molar-refractivity contribution in [1.29, 1.82) is 0 Å². The van der Waals surface area contributed by atoms with Gasteiger partial charge in [0.1, 0.15) is 0 Å². The second kappa shape index (κ2) is 9.70. The Labute approximate surface area is 134 Å². The fraction of sp³-hybridized carbons (Fsp3) is 0.667. The van der Waals surface area contributed by atoms with Crippen LogP contribution in [0.25, 0.3) is 0 Å². The van der Waals surface area contributed by atoms with E-state index in [0.29, 0.717) is 25.9 Å². The Kier molecular flexibility index (Phi) is 7.93. The molecule has 0 amide bonds. The maximum Gasteiger partial charge on any atom is 0.307 e. The molecule has 1 aliphatic carbocycles. The Morgan fingerprint density at radius 2 is 1.83 bits per heavy atom. The fourth-order valence-electron chi connectivity index (χ4n) is 2.72. The molecule has 3 unspecified atom stereocenters. The predicted molar refractivity (Wildman–Crippen MR) is 80.1 cm³/mol. The first-order chi connectivity index (χ1) is 11.0. The number of aliphatic carboxylic acids is 2. The van der Waals surface area contributed by atoms with Crippen LogP contribution < -0.4 is 0 Å². The summed E-state index contributed by atoms with van der Waals surface area (Å²) in [6.07, 6.45) is 3.35. The van der Waals surface area contributed by atoms with Crippen molar-refractivity contribution in [2.24, 2.45) is 22.9 Å². The molecule has 1 saturated carbocycles. The minimum atomic E-state index is -1.11. The third kappa shape index (κ3) is 5.80. The largest absolute Gasteiger partial charge is 0.502 e. The molecule has 1 aliphatic rings. The van der Waals surface area contributed by atoms with Crippen LogP contribution in [-0.4, -0.2) is 46.5 Å². The van der Waals surface area contributed by atoms with Gasteiger partial charge >= 0.3 is 11.9 Å². The lowest BCUT2D eigenvalue weighted by Gasteiger charge is -2.31. The molecule has 0 saturated heterocycles. The third-order valence-corrected chi connectivity index (χ3v) is 3.96. The van der Waals surface area contributed by atoms with Crippen molar-refractivity contribution >= 4 is 17.8 Å². The number of hydrogen-bond donors (Lipinski definition) is 3. The van der Waals surface area contributed by atoms with E-state index in [9.17, 15) is 14.7 Å². The molecule has 3 atom stereocenters. The highest BCUT2D eigenvalue weighted by atomic mass is 16.5. The number of rotatable bonds is 9. The number of carboxylic acid groups (broad SMARTS) is 2. The van der Waals surface area contributed by atoms with Gasteiger partial charge in [-0.15, -0.1) is 0 Å². The maximum atomic E-state index is 11.4. The zero-order valence-electron chi connectivity index (χ0n) is 12.9. The average Bonchev–Trinajstić information content (AvgIpc) is 2.53. The normalized spacial score (nSPS) is 24.7. The van der Waals surface area contributed by atoms with Crippen molar-refractivity contribution in [3.8, 4) is 0 Å². The zero-order valence-corrected chi connectivity index (χ0v) is 12.9. The Morgan fingerprint density at radius 1 is 1.13 bits per heavy atom. The maximum absolute atomic E-state index is 11.4. The molecule has 0 radical (unpaired) electrons. The highest BCUT2D eigenvalue weighted by Gasteiger charge is 2.41. The number of nitrogens with zero attached hydrogens (tertiary/aromatic N) is 1. The topological polar surface area (TPSA) is 126 Å². The highest BCUT2D eigenvalue weighted by molar-refractivity contribution is 5.85. The molecular formula is C15H23NO7. The summed E-state index contributed by atoms with van der Waals surface area (Å²) in [6.45, 7) is 4.19. The monoisotopic (exact) mass is 329 g/mol. The van der Waals surface area contributed by atoms with Crippen molar-refractivity contribution in [3.63, 3.8) is 0 Å². The molecule has 0 aromatic rings. The van der Waals surface area contributed by atoms with Gasteiger partial charge in [-0.05, 0) is 32.1 Å². The Bertz CT molecular complexity index is 449. The van der Waals surface area contributed by atoms with Crippen LogP contribution in [0.3, 0.4) is 0 Å². The van der Waals surface area contributed by atoms with E-state index in [0.717, 1.165) is 6.42 Å². The van der Waals surface area contributed by atoms with Gasteiger partial charge in [-0.3, -0.25) is 9.59 Å². The van der Waals surface area contributed by atoms with Crippen molar-refractivity contribution in [2.45, 2.75) is 32.1 Å². The third-order valence-electron chi connectivity index (χ3n) is 3.96. The molecular weight excluding hydrogens is 306 g/mol. The number of carbonyl (C=O) groups is 2. The van der Waals surface area contributed by atoms with E-state index < -0.39 is 29.7 Å². The second-order valence-electron chi connectivity index (χ2n) is 5.43. The molecule has 0 bridgehead atoms. The van der Waals surface area contributed by atoms with Crippen LogP contribution in [0.4, 0.5) is 0 Å². The van der Waals surface area contributed by atoms with Gasteiger partial charge in [-0.2, -0.15) is 0 Å². The van der Waals surface area contributed by atoms with Crippen LogP contribution in [0.15, 0.2) is 18.0 Å². The molecule has 3 N–H and O–H groups in total. The van der Waals surface area contributed by atoms with Crippen LogP contribution in [0.1, 0.15) is 32.1 Å². The number of unbranched alkanes of at least 4 members (excludes halogenated alkanes) is 1. The second-order valence-corrected chi connectivity index (χ2v) is 5.43. The van der Waals surface area contributed by atoms with Crippen molar-refractivity contribution in [2.75, 3.05) is 13.2 Å². The van der Waals surface area contributed by atoms with Crippen LogP contribution >= 0.6 is 0 Å². The van der Waals surface area contributed by atoms with E-state index in [1.54, 1.807) is 0 Å². The van der Waals surface area contributed by atoms with Crippen LogP contribution in [0, 0.1) is 17.8 Å². The van der Waals surface area contributed by atoms with Crippen molar-refractivity contribution in [1.82, 2.24) is 0 Å².